The van der Waals surface area contributed by atoms with Gasteiger partial charge in [-0.05, 0) is 48.0 Å². The number of nitrogen functional groups attached to an aromatic ring is 1. The minimum Gasteiger partial charge on any atom is -0.454 e. The van der Waals surface area contributed by atoms with Crippen LogP contribution in [0.4, 0.5) is 11.5 Å². The van der Waals surface area contributed by atoms with Gasteiger partial charge in [0.15, 0.2) is 6.61 Å². The monoisotopic (exact) mass is 655 g/mol. The third kappa shape index (κ3) is 6.37. The largest absolute Gasteiger partial charge is 0.454 e. The Hall–Kier alpha value is -5.20. The summed E-state index contributed by atoms with van der Waals surface area (Å²) in [6.07, 6.45) is -0.185. The second kappa shape index (κ2) is 13.2. The van der Waals surface area contributed by atoms with Gasteiger partial charge in [-0.25, -0.2) is 14.7 Å². The molecule has 1 fully saturated rings. The highest BCUT2D eigenvalue weighted by Crippen LogP contribution is 2.40. The molecule has 1 atom stereocenters. The number of esters is 1. The van der Waals surface area contributed by atoms with Crippen LogP contribution in [0.3, 0.4) is 0 Å². The minimum atomic E-state index is -0.927. The second-order valence-electron chi connectivity index (χ2n) is 9.57. The molecule has 1 saturated heterocycles. The van der Waals surface area contributed by atoms with E-state index < -0.39 is 35.4 Å². The molecule has 3 aromatic carbocycles. The number of anilines is 2. The van der Waals surface area contributed by atoms with Crippen molar-refractivity contribution in [2.75, 3.05) is 17.2 Å². The number of nitrogens with two attached hydrogens (primary N) is 1. The molecule has 222 valence electrons. The van der Waals surface area contributed by atoms with Crippen LogP contribution in [-0.4, -0.2) is 40.4 Å². The fourth-order valence-corrected chi connectivity index (χ4v) is 6.27. The summed E-state index contributed by atoms with van der Waals surface area (Å²) < 4.78 is 5.12. The molecule has 13 heteroatoms. The maximum absolute atomic E-state index is 13.4. The normalized spacial score (nSPS) is 14.1. The standard InChI is InChI=1S/C32H19Cl2N5O5S/c33-19-8-11-21(24(34)12-19)25(40)16-44-32(43)18-6-9-20(10-7-18)39-27(41)13-26(31(39)42)45-30-23(15-36)28(17-4-2-1-3-5-17)22(14-35)29(37)38-30/h1-12,26H,13,16H2,(H2,37,38). The number of ketones is 1. The van der Waals surface area contributed by atoms with Crippen LogP contribution in [0.25, 0.3) is 11.1 Å². The zero-order valence-electron chi connectivity index (χ0n) is 23.0. The predicted molar refractivity (Wildman–Crippen MR) is 168 cm³/mol. The number of aromatic nitrogens is 1. The average Bonchev–Trinajstić information content (AvgIpc) is 3.31. The number of hydrogen-bond donors (Lipinski definition) is 1. The molecule has 1 unspecified atom stereocenters. The zero-order chi connectivity index (χ0) is 32.2. The first-order valence-corrected chi connectivity index (χ1v) is 14.7. The maximum Gasteiger partial charge on any atom is 0.338 e. The van der Waals surface area contributed by atoms with Crippen LogP contribution in [0.2, 0.25) is 10.0 Å². The molecule has 10 nitrogen and oxygen atoms in total. The van der Waals surface area contributed by atoms with Crippen molar-refractivity contribution < 1.29 is 23.9 Å². The number of thioether (sulfide) groups is 1. The molecule has 1 aromatic heterocycles. The highest BCUT2D eigenvalue weighted by atomic mass is 35.5. The highest BCUT2D eigenvalue weighted by molar-refractivity contribution is 8.00. The van der Waals surface area contributed by atoms with E-state index in [1.165, 1.54) is 42.5 Å². The number of pyridine rings is 1. The van der Waals surface area contributed by atoms with Gasteiger partial charge in [-0.1, -0.05) is 65.3 Å². The molecule has 2 N–H and O–H groups in total. The van der Waals surface area contributed by atoms with Crippen molar-refractivity contribution in [2.45, 2.75) is 16.7 Å². The van der Waals surface area contributed by atoms with Crippen LogP contribution in [0.5, 0.6) is 0 Å². The summed E-state index contributed by atoms with van der Waals surface area (Å²) in [7, 11) is 0. The number of rotatable bonds is 8. The third-order valence-corrected chi connectivity index (χ3v) is 8.48. The lowest BCUT2D eigenvalue weighted by atomic mass is 9.97. The Morgan fingerprint density at radius 3 is 2.33 bits per heavy atom. The Balaban J connectivity index is 1.31. The minimum absolute atomic E-state index is 0.0364. The first kappa shape index (κ1) is 31.2. The molecule has 4 aromatic rings. The number of hydrogen-bond acceptors (Lipinski definition) is 10. The van der Waals surface area contributed by atoms with E-state index in [9.17, 15) is 29.7 Å². The number of benzene rings is 3. The topological polar surface area (TPSA) is 167 Å². The van der Waals surface area contributed by atoms with Crippen LogP contribution in [0.1, 0.15) is 38.3 Å². The molecular formula is C32H19Cl2N5O5S. The molecule has 0 spiro atoms. The fraction of sp³-hybridized carbons (Fsp3) is 0.0938. The Morgan fingerprint density at radius 2 is 1.69 bits per heavy atom. The van der Waals surface area contributed by atoms with E-state index in [2.05, 4.69) is 11.1 Å². The summed E-state index contributed by atoms with van der Waals surface area (Å²) in [6, 6.07) is 22.7. The molecular weight excluding hydrogens is 637 g/mol. The lowest BCUT2D eigenvalue weighted by molar-refractivity contribution is -0.121. The molecule has 5 rings (SSSR count). The van der Waals surface area contributed by atoms with Crippen molar-refractivity contribution in [3.63, 3.8) is 0 Å². The van der Waals surface area contributed by atoms with Crippen LogP contribution in [0, 0.1) is 22.7 Å². The SMILES string of the molecule is N#Cc1c(N)nc(SC2CC(=O)N(c3ccc(C(=O)OCC(=O)c4ccc(Cl)cc4Cl)cc3)C2=O)c(C#N)c1-c1ccccc1. The van der Waals surface area contributed by atoms with Gasteiger partial charge in [0.2, 0.25) is 17.6 Å². The predicted octanol–water partition coefficient (Wildman–Crippen LogP) is 5.84. The van der Waals surface area contributed by atoms with Crippen molar-refractivity contribution in [1.82, 2.24) is 4.98 Å². The zero-order valence-corrected chi connectivity index (χ0v) is 25.3. The van der Waals surface area contributed by atoms with Gasteiger partial charge in [0.1, 0.15) is 28.5 Å². The summed E-state index contributed by atoms with van der Waals surface area (Å²) >= 11 is 12.8. The van der Waals surface area contributed by atoms with Crippen LogP contribution in [0.15, 0.2) is 77.8 Å². The molecule has 2 heterocycles. The van der Waals surface area contributed by atoms with Crippen molar-refractivity contribution in [1.29, 1.82) is 10.5 Å². The summed E-state index contributed by atoms with van der Waals surface area (Å²) in [5.74, 6) is -2.48. The number of Topliss-reactive ketones (excluding diaryl/α,β-unsaturated/α-hetero) is 1. The molecule has 1 aliphatic rings. The van der Waals surface area contributed by atoms with Crippen LogP contribution < -0.4 is 10.6 Å². The maximum atomic E-state index is 13.4. The second-order valence-corrected chi connectivity index (χ2v) is 11.6. The van der Waals surface area contributed by atoms with Gasteiger partial charge in [0, 0.05) is 22.6 Å². The first-order valence-electron chi connectivity index (χ1n) is 13.1. The molecule has 0 bridgehead atoms. The van der Waals surface area contributed by atoms with Crippen LogP contribution in [-0.2, 0) is 14.3 Å². The van der Waals surface area contributed by atoms with E-state index in [1.807, 2.05) is 6.07 Å². The third-order valence-electron chi connectivity index (χ3n) is 6.76. The van der Waals surface area contributed by atoms with Gasteiger partial charge >= 0.3 is 5.97 Å². The van der Waals surface area contributed by atoms with E-state index in [4.69, 9.17) is 33.7 Å². The van der Waals surface area contributed by atoms with E-state index >= 15 is 0 Å². The first-order chi connectivity index (χ1) is 21.6. The van der Waals surface area contributed by atoms with E-state index in [0.717, 1.165) is 16.7 Å². The number of halogens is 2. The molecule has 0 radical (unpaired) electrons. The average molecular weight is 657 g/mol. The molecule has 2 amide bonds. The summed E-state index contributed by atoms with van der Waals surface area (Å²) in [5.41, 5.74) is 7.51. The van der Waals surface area contributed by atoms with E-state index in [-0.39, 0.29) is 50.2 Å². The van der Waals surface area contributed by atoms with Gasteiger partial charge in [-0.15, -0.1) is 0 Å². The highest BCUT2D eigenvalue weighted by Gasteiger charge is 2.41. The number of amides is 2. The lowest BCUT2D eigenvalue weighted by Crippen LogP contribution is -2.31. The molecule has 0 saturated carbocycles. The smallest absolute Gasteiger partial charge is 0.338 e. The molecule has 0 aliphatic carbocycles. The number of carbonyl (C=O) groups excluding carboxylic acids is 4. The lowest BCUT2D eigenvalue weighted by Gasteiger charge is -2.16. The van der Waals surface area contributed by atoms with Gasteiger partial charge < -0.3 is 10.5 Å². The number of nitriles is 2. The number of nitrogens with zero attached hydrogens (tertiary/aromatic N) is 4. The van der Waals surface area contributed by atoms with E-state index in [1.54, 1.807) is 30.3 Å². The Morgan fingerprint density at radius 1 is 1.00 bits per heavy atom. The summed E-state index contributed by atoms with van der Waals surface area (Å²) in [4.78, 5) is 56.6. The molecule has 1 aliphatic heterocycles. The van der Waals surface area contributed by atoms with E-state index in [0.29, 0.717) is 16.1 Å². The number of ether oxygens (including phenoxy) is 1. The van der Waals surface area contributed by atoms with Gasteiger partial charge in [-0.2, -0.15) is 10.5 Å². The van der Waals surface area contributed by atoms with Crippen molar-refractivity contribution >= 4 is 70.0 Å². The summed E-state index contributed by atoms with van der Waals surface area (Å²) in [6.45, 7) is -0.561. The van der Waals surface area contributed by atoms with Crippen molar-refractivity contribution in [2.24, 2.45) is 0 Å². The number of imide groups is 1. The fourth-order valence-electron chi connectivity index (χ4n) is 4.63. The number of carbonyl (C=O) groups is 4. The van der Waals surface area contributed by atoms with Gasteiger partial charge in [0.25, 0.3) is 0 Å². The van der Waals surface area contributed by atoms with Crippen LogP contribution >= 0.6 is 35.0 Å². The quantitative estimate of drug-likeness (QED) is 0.138. The van der Waals surface area contributed by atoms with Crippen molar-refractivity contribution in [3.05, 3.63) is 105 Å². The Kier molecular flexibility index (Phi) is 9.16. The summed E-state index contributed by atoms with van der Waals surface area (Å²) in [5, 5.41) is 19.4. The Bertz CT molecular complexity index is 1960. The van der Waals surface area contributed by atoms with Crippen molar-refractivity contribution in [3.8, 4) is 23.3 Å². The Labute approximate surface area is 270 Å². The van der Waals surface area contributed by atoms with Gasteiger partial charge in [0.05, 0.1) is 27.1 Å². The molecule has 45 heavy (non-hydrogen) atoms. The van der Waals surface area contributed by atoms with Gasteiger partial charge in [-0.3, -0.25) is 14.4 Å².